The van der Waals surface area contributed by atoms with Gasteiger partial charge in [-0.2, -0.15) is 13.2 Å². The zero-order chi connectivity index (χ0) is 40.8. The third-order valence-electron chi connectivity index (χ3n) is 16.6. The van der Waals surface area contributed by atoms with Gasteiger partial charge in [0.15, 0.2) is 6.29 Å². The Labute approximate surface area is 346 Å². The van der Waals surface area contributed by atoms with Gasteiger partial charge in [0.1, 0.15) is 30.5 Å². The average molecular weight is 881 g/mol. The Bertz CT molecular complexity index is 1310. The zero-order valence-corrected chi connectivity index (χ0v) is 35.7. The summed E-state index contributed by atoms with van der Waals surface area (Å²) in [7, 11) is 0. The molecule has 0 aromatic rings. The number of aliphatic hydroxyl groups is 6. The number of nitrogens with one attached hydrogen (secondary N) is 1. The van der Waals surface area contributed by atoms with E-state index in [2.05, 4.69) is 28.2 Å². The first-order chi connectivity index (χ1) is 27.3. The minimum atomic E-state index is -4.63. The molecule has 330 valence electrons. The highest BCUT2D eigenvalue weighted by Crippen LogP contribution is 3.22. The van der Waals surface area contributed by atoms with Gasteiger partial charge in [0.05, 0.1) is 31.5 Å². The highest BCUT2D eigenvalue weighted by Gasteiger charge is 3.21. The van der Waals surface area contributed by atoms with Crippen molar-refractivity contribution in [2.24, 2.45) is 46.3 Å². The van der Waals surface area contributed by atoms with Crippen molar-refractivity contribution in [1.29, 1.82) is 0 Å². The lowest BCUT2D eigenvalue weighted by atomic mass is 9.11. The van der Waals surface area contributed by atoms with E-state index in [1.54, 1.807) is 0 Å². The molecule has 7 aliphatic rings. The molecular formula is C44H73BrF3NO8. The van der Waals surface area contributed by atoms with E-state index in [1.165, 1.54) is 64.2 Å². The van der Waals surface area contributed by atoms with Gasteiger partial charge >= 0.3 is 6.18 Å². The summed E-state index contributed by atoms with van der Waals surface area (Å²) in [4.78, 5) is 0. The Hall–Kier alpha value is -0.0900. The van der Waals surface area contributed by atoms with Gasteiger partial charge in [-0.1, -0.05) is 145 Å². The fourth-order valence-electron chi connectivity index (χ4n) is 14.2. The Kier molecular flexibility index (Phi) is 14.5. The maximum Gasteiger partial charge on any atom is 0.403 e. The highest BCUT2D eigenvalue weighted by molar-refractivity contribution is 9.10. The number of hydrogen-bond donors (Lipinski definition) is 7. The number of aliphatic hydroxyl groups excluding tert-OH is 6. The summed E-state index contributed by atoms with van der Waals surface area (Å²) < 4.78 is 54.9. The lowest BCUT2D eigenvalue weighted by Gasteiger charge is -2.95. The lowest BCUT2D eigenvalue weighted by Crippen LogP contribution is -2.95. The van der Waals surface area contributed by atoms with Crippen LogP contribution in [0.4, 0.5) is 13.2 Å². The number of hydrogen-bond acceptors (Lipinski definition) is 9. The highest BCUT2D eigenvalue weighted by atomic mass is 79.9. The summed E-state index contributed by atoms with van der Waals surface area (Å²) >= 11 is 4.17. The summed E-state index contributed by atoms with van der Waals surface area (Å²) in [6.07, 6.45) is 5.89. The smallest absolute Gasteiger partial charge is 0.394 e. The van der Waals surface area contributed by atoms with Crippen LogP contribution >= 0.6 is 15.9 Å². The largest absolute Gasteiger partial charge is 0.403 e. The molecule has 0 bridgehead atoms. The van der Waals surface area contributed by atoms with Gasteiger partial charge in [0.2, 0.25) is 0 Å². The third kappa shape index (κ3) is 7.53. The quantitative estimate of drug-likeness (QED) is 0.0292. The van der Waals surface area contributed by atoms with Crippen LogP contribution in [0.5, 0.6) is 0 Å². The summed E-state index contributed by atoms with van der Waals surface area (Å²) in [5.74, 6) is 6.17. The molecule has 6 aliphatic carbocycles. The van der Waals surface area contributed by atoms with Crippen molar-refractivity contribution in [2.75, 3.05) is 13.2 Å². The Morgan fingerprint density at radius 3 is 1.81 bits per heavy atom. The van der Waals surface area contributed by atoms with E-state index >= 15 is 0 Å². The minimum Gasteiger partial charge on any atom is -0.394 e. The van der Waals surface area contributed by atoms with Crippen LogP contribution in [0.15, 0.2) is 0 Å². The standard InChI is InChI=1S/C44H73BrF3NO8/c1-2-3-4-5-6-7-8-9-10-12-15-18-21-27(51)34(52)26(25-56-39-37(55)36(54)35(53)28(24-50)57-39)49-29(44(46,47)48)22-19-16-13-11-14-17-20-23-41-33-31-30-32(33)43(45)38(30)42(31,41)40(41)43/h26-40,49-55H,2-25H2,1H3/t26-,27+,28?,29-,30?,31?,32?,33?,34-,35?,36?,37?,38?,39?,40?,41?,42?,43?/m0/s1. The number of fused-ring (bicyclic) bond motifs is 5. The summed E-state index contributed by atoms with van der Waals surface area (Å²) in [6, 6.07) is -3.35. The fraction of sp³-hybridized carbons (Fsp3) is 1.00. The topological polar surface area (TPSA) is 152 Å². The average Bonchev–Trinajstić information content (AvgIpc) is 3.78. The van der Waals surface area contributed by atoms with Gasteiger partial charge in [-0.3, -0.25) is 5.32 Å². The predicted octanol–water partition coefficient (Wildman–Crippen LogP) is 6.90. The lowest BCUT2D eigenvalue weighted by molar-refractivity contribution is -0.447. The van der Waals surface area contributed by atoms with Crippen molar-refractivity contribution >= 4 is 15.9 Å². The molecule has 0 aromatic heterocycles. The number of ether oxygens (including phenoxy) is 2. The molecule has 7 fully saturated rings. The summed E-state index contributed by atoms with van der Waals surface area (Å²) in [5, 5.41) is 65.1. The van der Waals surface area contributed by atoms with Gasteiger partial charge in [-0.15, -0.1) is 0 Å². The molecule has 7 N–H and O–H groups in total. The Morgan fingerprint density at radius 2 is 1.30 bits per heavy atom. The molecular weight excluding hydrogens is 807 g/mol. The van der Waals surface area contributed by atoms with E-state index in [0.29, 0.717) is 29.0 Å². The molecule has 1 heterocycles. The molecule has 18 atom stereocenters. The first-order valence-corrected chi connectivity index (χ1v) is 23.9. The molecule has 57 heavy (non-hydrogen) atoms. The number of alkyl halides is 4. The van der Waals surface area contributed by atoms with Crippen molar-refractivity contribution in [2.45, 2.75) is 214 Å². The summed E-state index contributed by atoms with van der Waals surface area (Å²) in [5.41, 5.74) is 1.47. The van der Waals surface area contributed by atoms with Crippen molar-refractivity contribution in [1.82, 2.24) is 5.32 Å². The van der Waals surface area contributed by atoms with Gasteiger partial charge in [0, 0.05) is 4.32 Å². The molecule has 14 unspecified atom stereocenters. The fourth-order valence-corrected chi connectivity index (χ4v) is 16.3. The van der Waals surface area contributed by atoms with Crippen molar-refractivity contribution in [3.63, 3.8) is 0 Å². The molecule has 0 amide bonds. The van der Waals surface area contributed by atoms with E-state index in [9.17, 15) is 43.8 Å². The van der Waals surface area contributed by atoms with Gasteiger partial charge < -0.3 is 40.1 Å². The molecule has 1 saturated heterocycles. The third-order valence-corrected chi connectivity index (χ3v) is 18.1. The molecule has 6 saturated carbocycles. The number of unbranched alkanes of at least 4 members (excludes halogenated alkanes) is 17. The van der Waals surface area contributed by atoms with Crippen molar-refractivity contribution < 1.29 is 53.3 Å². The van der Waals surface area contributed by atoms with E-state index in [-0.39, 0.29) is 12.8 Å². The van der Waals surface area contributed by atoms with Crippen LogP contribution in [0.2, 0.25) is 0 Å². The molecule has 9 nitrogen and oxygen atoms in total. The SMILES string of the molecule is CCCCCCCCCCCCCC[C@@H](O)[C@@H](O)[C@H](COC1OC(CO)C(O)C(O)C1O)N[C@@H](CCCCCCCCCC12C3C4C5C3C13C5C4(Br)C23)C(F)(F)F. The molecule has 1 aliphatic heterocycles. The predicted molar refractivity (Wildman–Crippen MR) is 213 cm³/mol. The second-order valence-electron chi connectivity index (χ2n) is 19.5. The van der Waals surface area contributed by atoms with E-state index in [0.717, 1.165) is 85.9 Å². The van der Waals surface area contributed by atoms with Crippen LogP contribution < -0.4 is 5.32 Å². The van der Waals surface area contributed by atoms with Crippen molar-refractivity contribution in [3.8, 4) is 0 Å². The van der Waals surface area contributed by atoms with Gasteiger partial charge in [-0.25, -0.2) is 0 Å². The monoisotopic (exact) mass is 879 g/mol. The van der Waals surface area contributed by atoms with E-state index in [4.69, 9.17) is 9.47 Å². The van der Waals surface area contributed by atoms with Gasteiger partial charge in [0.25, 0.3) is 0 Å². The molecule has 13 heteroatoms. The zero-order valence-electron chi connectivity index (χ0n) is 34.1. The van der Waals surface area contributed by atoms with Crippen molar-refractivity contribution in [3.05, 3.63) is 0 Å². The van der Waals surface area contributed by atoms with E-state index < -0.39 is 74.4 Å². The second-order valence-corrected chi connectivity index (χ2v) is 20.9. The number of halogens is 4. The van der Waals surface area contributed by atoms with Gasteiger partial charge in [-0.05, 0) is 65.6 Å². The maximum absolute atomic E-state index is 14.4. The Morgan fingerprint density at radius 1 is 0.737 bits per heavy atom. The Balaban J connectivity index is 0.815. The van der Waals surface area contributed by atoms with E-state index in [1.807, 2.05) is 0 Å². The molecule has 1 spiro atoms. The van der Waals surface area contributed by atoms with Crippen LogP contribution in [-0.2, 0) is 9.47 Å². The molecule has 0 radical (unpaired) electrons. The molecule has 7 rings (SSSR count). The van der Waals surface area contributed by atoms with Crippen LogP contribution in [0.3, 0.4) is 0 Å². The molecule has 0 aromatic carbocycles. The first kappa shape index (κ1) is 44.9. The maximum atomic E-state index is 14.4. The number of rotatable bonds is 31. The first-order valence-electron chi connectivity index (χ1n) is 23.1. The minimum absolute atomic E-state index is 0.201. The second kappa shape index (κ2) is 18.3. The van der Waals surface area contributed by atoms with Crippen LogP contribution in [-0.4, -0.2) is 109 Å². The van der Waals surface area contributed by atoms with Crippen LogP contribution in [0, 0.1) is 46.3 Å². The normalized spacial score (nSPS) is 42.1. The van der Waals surface area contributed by atoms with Crippen LogP contribution in [0.1, 0.15) is 148 Å². The summed E-state index contributed by atoms with van der Waals surface area (Å²) in [6.45, 7) is 0.936. The van der Waals surface area contributed by atoms with Crippen LogP contribution in [0.25, 0.3) is 0 Å².